The maximum Gasteiger partial charge on any atom is 0.339 e. The number of hydrogen-bond donors (Lipinski definition) is 1. The van der Waals surface area contributed by atoms with Crippen LogP contribution in [-0.2, 0) is 21.8 Å². The van der Waals surface area contributed by atoms with Crippen LogP contribution < -0.4 is 5.32 Å². The van der Waals surface area contributed by atoms with E-state index in [1.54, 1.807) is 40.7 Å². The number of aromatic nitrogens is 3. The third kappa shape index (κ3) is 6.22. The Morgan fingerprint density at radius 1 is 1.12 bits per heavy atom. The van der Waals surface area contributed by atoms with Crippen LogP contribution in [0.3, 0.4) is 0 Å². The highest BCUT2D eigenvalue weighted by molar-refractivity contribution is 7.98. The van der Waals surface area contributed by atoms with Crippen LogP contribution in [-0.4, -0.2) is 33.2 Å². The van der Waals surface area contributed by atoms with Gasteiger partial charge in [0.15, 0.2) is 6.61 Å². The lowest BCUT2D eigenvalue weighted by molar-refractivity contribution is -0.119. The summed E-state index contributed by atoms with van der Waals surface area (Å²) in [6.07, 6.45) is 1.58. The normalized spacial score (nSPS) is 10.7. The Morgan fingerprint density at radius 2 is 1.94 bits per heavy atom. The summed E-state index contributed by atoms with van der Waals surface area (Å²) in [5, 5.41) is 9.54. The minimum Gasteiger partial charge on any atom is -0.452 e. The molecule has 0 saturated heterocycles. The fraction of sp³-hybridized carbons (Fsp3) is 0.130. The molecular weight excluding hydrogens is 480 g/mol. The topological polar surface area (TPSA) is 86.1 Å². The molecule has 168 valence electrons. The van der Waals surface area contributed by atoms with Crippen molar-refractivity contribution in [2.75, 3.05) is 11.9 Å². The highest BCUT2D eigenvalue weighted by atomic mass is 35.5. The molecule has 4 rings (SSSR count). The quantitative estimate of drug-likeness (QED) is 0.254. The summed E-state index contributed by atoms with van der Waals surface area (Å²) in [5.41, 5.74) is 4.00. The van der Waals surface area contributed by atoms with Gasteiger partial charge in [0.25, 0.3) is 5.91 Å². The predicted molar refractivity (Wildman–Crippen MR) is 130 cm³/mol. The van der Waals surface area contributed by atoms with E-state index in [4.69, 9.17) is 16.3 Å². The van der Waals surface area contributed by atoms with Crippen molar-refractivity contribution in [3.63, 3.8) is 0 Å². The first-order valence-corrected chi connectivity index (χ1v) is 12.2. The second kappa shape index (κ2) is 11.1. The Bertz CT molecular complexity index is 1240. The van der Waals surface area contributed by atoms with Crippen molar-refractivity contribution >= 4 is 52.4 Å². The van der Waals surface area contributed by atoms with Crippen LogP contribution in [0.4, 0.5) is 5.82 Å². The highest BCUT2D eigenvalue weighted by Crippen LogP contribution is 2.27. The minimum atomic E-state index is -0.559. The van der Waals surface area contributed by atoms with Crippen LogP contribution in [0.25, 0.3) is 0 Å². The van der Waals surface area contributed by atoms with Gasteiger partial charge in [0.2, 0.25) is 0 Å². The van der Waals surface area contributed by atoms with E-state index in [0.29, 0.717) is 28.7 Å². The van der Waals surface area contributed by atoms with E-state index < -0.39 is 18.5 Å². The number of nitrogens with one attached hydrogen (secondary N) is 1. The SMILES string of the molecule is O=C(COC(=O)c1ccccc1SCc1cscn1)Nc1ccnn1Cc1ccccc1Cl. The summed E-state index contributed by atoms with van der Waals surface area (Å²) in [7, 11) is 0. The van der Waals surface area contributed by atoms with Crippen LogP contribution in [0.2, 0.25) is 5.02 Å². The number of thioether (sulfide) groups is 1. The van der Waals surface area contributed by atoms with Gasteiger partial charge in [-0.1, -0.05) is 41.9 Å². The molecule has 10 heteroatoms. The van der Waals surface area contributed by atoms with Gasteiger partial charge in [-0.3, -0.25) is 4.79 Å². The van der Waals surface area contributed by atoms with Gasteiger partial charge < -0.3 is 10.1 Å². The van der Waals surface area contributed by atoms with Crippen LogP contribution in [0, 0.1) is 0 Å². The average molecular weight is 499 g/mol. The summed E-state index contributed by atoms with van der Waals surface area (Å²) in [6.45, 7) is -0.0210. The zero-order valence-electron chi connectivity index (χ0n) is 17.3. The number of esters is 1. The van der Waals surface area contributed by atoms with Gasteiger partial charge in [-0.2, -0.15) is 5.10 Å². The number of anilines is 1. The van der Waals surface area contributed by atoms with Gasteiger partial charge in [-0.25, -0.2) is 14.5 Å². The molecule has 0 spiro atoms. The summed E-state index contributed by atoms with van der Waals surface area (Å²) in [6, 6.07) is 16.2. The van der Waals surface area contributed by atoms with Gasteiger partial charge in [-0.05, 0) is 23.8 Å². The summed E-state index contributed by atoms with van der Waals surface area (Å²) in [5.74, 6) is 0.104. The number of benzene rings is 2. The molecule has 2 aromatic heterocycles. The van der Waals surface area contributed by atoms with Crippen molar-refractivity contribution in [2.45, 2.75) is 17.2 Å². The molecule has 0 aliphatic heterocycles. The second-order valence-electron chi connectivity index (χ2n) is 6.85. The molecule has 0 aliphatic carbocycles. The number of halogens is 1. The lowest BCUT2D eigenvalue weighted by Gasteiger charge is -2.11. The lowest BCUT2D eigenvalue weighted by atomic mass is 10.2. The minimum absolute atomic E-state index is 0.395. The molecule has 4 aromatic rings. The molecule has 0 bridgehead atoms. The van der Waals surface area contributed by atoms with E-state index >= 15 is 0 Å². The van der Waals surface area contributed by atoms with Crippen molar-refractivity contribution < 1.29 is 14.3 Å². The van der Waals surface area contributed by atoms with Crippen molar-refractivity contribution in [3.05, 3.63) is 93.5 Å². The Balaban J connectivity index is 1.33. The number of carbonyl (C=O) groups excluding carboxylic acids is 2. The molecule has 0 aliphatic rings. The van der Waals surface area contributed by atoms with Crippen LogP contribution in [0.1, 0.15) is 21.6 Å². The van der Waals surface area contributed by atoms with Crippen molar-refractivity contribution in [2.24, 2.45) is 0 Å². The number of thiazole rings is 1. The van der Waals surface area contributed by atoms with E-state index in [0.717, 1.165) is 16.2 Å². The Hall–Kier alpha value is -3.14. The van der Waals surface area contributed by atoms with Crippen LogP contribution >= 0.6 is 34.7 Å². The molecular formula is C23H19ClN4O3S2. The van der Waals surface area contributed by atoms with Crippen LogP contribution in [0.15, 0.2) is 76.6 Å². The summed E-state index contributed by atoms with van der Waals surface area (Å²) in [4.78, 5) is 30.1. The van der Waals surface area contributed by atoms with Crippen molar-refractivity contribution in [1.29, 1.82) is 0 Å². The molecule has 1 amide bonds. The van der Waals surface area contributed by atoms with E-state index in [2.05, 4.69) is 15.4 Å². The molecule has 2 heterocycles. The number of hydrogen-bond acceptors (Lipinski definition) is 7. The van der Waals surface area contributed by atoms with Gasteiger partial charge in [0.1, 0.15) is 5.82 Å². The van der Waals surface area contributed by atoms with Gasteiger partial charge >= 0.3 is 5.97 Å². The molecule has 0 unspecified atom stereocenters. The third-order valence-electron chi connectivity index (χ3n) is 4.56. The highest BCUT2D eigenvalue weighted by Gasteiger charge is 2.16. The van der Waals surface area contributed by atoms with E-state index in [9.17, 15) is 9.59 Å². The number of nitrogens with zero attached hydrogens (tertiary/aromatic N) is 3. The summed E-state index contributed by atoms with van der Waals surface area (Å²) >= 11 is 9.24. The molecule has 33 heavy (non-hydrogen) atoms. The Kier molecular flexibility index (Phi) is 7.77. The van der Waals surface area contributed by atoms with E-state index in [1.807, 2.05) is 35.7 Å². The summed E-state index contributed by atoms with van der Waals surface area (Å²) < 4.78 is 6.88. The first-order valence-electron chi connectivity index (χ1n) is 9.91. The standard InChI is InChI=1S/C23H19ClN4O3S2/c24-19-7-3-1-5-16(19)11-28-21(9-10-26-28)27-22(29)12-31-23(30)18-6-2-4-8-20(18)33-14-17-13-32-15-25-17/h1-10,13,15H,11-12,14H2,(H,27,29). The smallest absolute Gasteiger partial charge is 0.339 e. The zero-order valence-corrected chi connectivity index (χ0v) is 19.7. The fourth-order valence-corrected chi connectivity index (χ4v) is 4.76. The largest absolute Gasteiger partial charge is 0.452 e. The predicted octanol–water partition coefficient (Wildman–Crippen LogP) is 5.13. The lowest BCUT2D eigenvalue weighted by Crippen LogP contribution is -2.23. The Morgan fingerprint density at radius 3 is 2.76 bits per heavy atom. The van der Waals surface area contributed by atoms with Crippen LogP contribution in [0.5, 0.6) is 0 Å². The maximum absolute atomic E-state index is 12.6. The molecule has 0 radical (unpaired) electrons. The first kappa shape index (κ1) is 23.0. The Labute approximate surface area is 203 Å². The van der Waals surface area contributed by atoms with Crippen molar-refractivity contribution in [1.82, 2.24) is 14.8 Å². The van der Waals surface area contributed by atoms with E-state index in [1.165, 1.54) is 23.1 Å². The van der Waals surface area contributed by atoms with Gasteiger partial charge in [0, 0.05) is 27.1 Å². The number of rotatable bonds is 9. The maximum atomic E-state index is 12.6. The molecule has 2 aromatic carbocycles. The average Bonchev–Trinajstić information content (AvgIpc) is 3.50. The zero-order chi connectivity index (χ0) is 23.0. The third-order valence-corrected chi connectivity index (χ3v) is 6.67. The van der Waals surface area contributed by atoms with Gasteiger partial charge in [-0.15, -0.1) is 23.1 Å². The van der Waals surface area contributed by atoms with Crippen molar-refractivity contribution in [3.8, 4) is 0 Å². The molecule has 7 nitrogen and oxygen atoms in total. The monoisotopic (exact) mass is 498 g/mol. The molecule has 0 atom stereocenters. The number of carbonyl (C=O) groups is 2. The first-order chi connectivity index (χ1) is 16.1. The number of amides is 1. The second-order valence-corrected chi connectivity index (χ2v) is 9.00. The molecule has 0 fully saturated rings. The van der Waals surface area contributed by atoms with E-state index in [-0.39, 0.29) is 0 Å². The van der Waals surface area contributed by atoms with Gasteiger partial charge in [0.05, 0.1) is 29.5 Å². The number of ether oxygens (including phenoxy) is 1. The fourth-order valence-electron chi connectivity index (χ4n) is 2.96. The molecule has 1 N–H and O–H groups in total. The molecule has 0 saturated carbocycles.